The number of amides is 1. The van der Waals surface area contributed by atoms with Crippen molar-refractivity contribution in [2.45, 2.75) is 45.2 Å². The van der Waals surface area contributed by atoms with E-state index in [0.717, 1.165) is 17.5 Å². The van der Waals surface area contributed by atoms with Gasteiger partial charge in [-0.25, -0.2) is 9.97 Å². The Labute approximate surface area is 202 Å². The SMILES string of the molecule is O=C(NCc1ccc2nc(F)c(CNCC3CCCCC3)cc2c1)c1cc(=O)n2ccccc2n1. The van der Waals surface area contributed by atoms with Gasteiger partial charge in [-0.05, 0) is 61.2 Å². The fourth-order valence-corrected chi connectivity index (χ4v) is 4.73. The van der Waals surface area contributed by atoms with Crippen molar-refractivity contribution in [2.24, 2.45) is 5.92 Å². The number of carbonyl (C=O) groups excluding carboxylic acids is 1. The van der Waals surface area contributed by atoms with Crippen molar-refractivity contribution >= 4 is 22.5 Å². The number of nitrogens with zero attached hydrogens (tertiary/aromatic N) is 3. The standard InChI is InChI=1S/C27H28FN5O2/c28-26-21(17-29-15-18-6-2-1-3-7-18)13-20-12-19(9-10-22(20)32-26)16-30-27(35)23-14-25(34)33-11-5-4-8-24(33)31-23/h4-5,8-14,18,29H,1-3,6-7,15-17H2,(H,30,35). The van der Waals surface area contributed by atoms with Crippen LogP contribution in [0.15, 0.2) is 59.5 Å². The molecule has 0 unspecified atom stereocenters. The van der Waals surface area contributed by atoms with E-state index >= 15 is 0 Å². The van der Waals surface area contributed by atoms with Gasteiger partial charge in [-0.15, -0.1) is 0 Å². The van der Waals surface area contributed by atoms with Crippen LogP contribution >= 0.6 is 0 Å². The molecule has 0 saturated heterocycles. The topological polar surface area (TPSA) is 88.4 Å². The Kier molecular flexibility index (Phi) is 6.81. The van der Waals surface area contributed by atoms with Crippen molar-refractivity contribution < 1.29 is 9.18 Å². The Bertz CT molecular complexity index is 1430. The molecule has 1 amide bonds. The summed E-state index contributed by atoms with van der Waals surface area (Å²) < 4.78 is 15.9. The summed E-state index contributed by atoms with van der Waals surface area (Å²) >= 11 is 0. The normalized spacial score (nSPS) is 14.4. The molecule has 3 aromatic heterocycles. The van der Waals surface area contributed by atoms with Gasteiger partial charge < -0.3 is 10.6 Å². The molecule has 0 bridgehead atoms. The van der Waals surface area contributed by atoms with Gasteiger partial charge in [0, 0.05) is 36.3 Å². The van der Waals surface area contributed by atoms with Gasteiger partial charge in [-0.1, -0.05) is 31.4 Å². The van der Waals surface area contributed by atoms with Gasteiger partial charge >= 0.3 is 0 Å². The fraction of sp³-hybridized carbons (Fsp3) is 0.333. The number of nitrogens with one attached hydrogen (secondary N) is 2. The molecule has 0 radical (unpaired) electrons. The minimum Gasteiger partial charge on any atom is -0.347 e. The van der Waals surface area contributed by atoms with E-state index in [1.807, 2.05) is 12.1 Å². The van der Waals surface area contributed by atoms with Crippen LogP contribution in [0.5, 0.6) is 0 Å². The van der Waals surface area contributed by atoms with Gasteiger partial charge in [0.1, 0.15) is 11.3 Å². The molecule has 7 nitrogen and oxygen atoms in total. The number of benzene rings is 1. The van der Waals surface area contributed by atoms with Gasteiger partial charge in [0.25, 0.3) is 11.5 Å². The number of pyridine rings is 2. The van der Waals surface area contributed by atoms with E-state index in [9.17, 15) is 14.0 Å². The van der Waals surface area contributed by atoms with Gasteiger partial charge in [0.2, 0.25) is 5.95 Å². The smallest absolute Gasteiger partial charge is 0.270 e. The Balaban J connectivity index is 1.26. The number of fused-ring (bicyclic) bond motifs is 2. The quantitative estimate of drug-likeness (QED) is 0.397. The van der Waals surface area contributed by atoms with E-state index in [1.54, 1.807) is 36.5 Å². The third-order valence-corrected chi connectivity index (χ3v) is 6.64. The van der Waals surface area contributed by atoms with Crippen LogP contribution in [0.2, 0.25) is 0 Å². The van der Waals surface area contributed by atoms with Crippen LogP contribution in [0.1, 0.15) is 53.7 Å². The second kappa shape index (κ2) is 10.3. The lowest BCUT2D eigenvalue weighted by molar-refractivity contribution is 0.0946. The Morgan fingerprint density at radius 3 is 2.74 bits per heavy atom. The fourth-order valence-electron chi connectivity index (χ4n) is 4.73. The highest BCUT2D eigenvalue weighted by molar-refractivity contribution is 5.92. The first-order valence-corrected chi connectivity index (χ1v) is 12.1. The van der Waals surface area contributed by atoms with Crippen molar-refractivity contribution in [3.8, 4) is 0 Å². The van der Waals surface area contributed by atoms with Crippen molar-refractivity contribution in [3.63, 3.8) is 0 Å². The van der Waals surface area contributed by atoms with Crippen LogP contribution in [0, 0.1) is 11.9 Å². The first-order chi connectivity index (χ1) is 17.1. The average Bonchev–Trinajstić information content (AvgIpc) is 2.88. The molecule has 8 heteroatoms. The zero-order valence-electron chi connectivity index (χ0n) is 19.5. The minimum atomic E-state index is -0.455. The third kappa shape index (κ3) is 5.38. The summed E-state index contributed by atoms with van der Waals surface area (Å²) in [6, 6.07) is 13.7. The summed E-state index contributed by atoms with van der Waals surface area (Å²) in [6.07, 6.45) is 7.98. The van der Waals surface area contributed by atoms with E-state index in [-0.39, 0.29) is 17.8 Å². The van der Waals surface area contributed by atoms with Gasteiger partial charge in [-0.2, -0.15) is 4.39 Å². The number of aromatic nitrogens is 3. The molecular formula is C27H28FN5O2. The highest BCUT2D eigenvalue weighted by Crippen LogP contribution is 2.23. The summed E-state index contributed by atoms with van der Waals surface area (Å²) in [5.41, 5.74) is 2.11. The van der Waals surface area contributed by atoms with Gasteiger partial charge in [-0.3, -0.25) is 14.0 Å². The molecular weight excluding hydrogens is 445 g/mol. The van der Waals surface area contributed by atoms with E-state index in [1.165, 1.54) is 42.6 Å². The molecule has 3 heterocycles. The van der Waals surface area contributed by atoms with Crippen molar-refractivity contribution in [1.29, 1.82) is 0 Å². The van der Waals surface area contributed by atoms with E-state index < -0.39 is 11.9 Å². The minimum absolute atomic E-state index is 0.0667. The van der Waals surface area contributed by atoms with Crippen LogP contribution < -0.4 is 16.2 Å². The molecule has 35 heavy (non-hydrogen) atoms. The molecule has 4 aromatic rings. The van der Waals surface area contributed by atoms with Crippen LogP contribution in [0.3, 0.4) is 0 Å². The zero-order chi connectivity index (χ0) is 24.2. The molecule has 180 valence electrons. The molecule has 1 aliphatic carbocycles. The van der Waals surface area contributed by atoms with Gasteiger partial charge in [0.15, 0.2) is 0 Å². The molecule has 1 aliphatic rings. The largest absolute Gasteiger partial charge is 0.347 e. The van der Waals surface area contributed by atoms with Crippen molar-refractivity contribution in [2.75, 3.05) is 6.54 Å². The Morgan fingerprint density at radius 1 is 1.03 bits per heavy atom. The molecule has 0 aliphatic heterocycles. The highest BCUT2D eigenvalue weighted by Gasteiger charge is 2.14. The molecule has 1 fully saturated rings. The molecule has 0 spiro atoms. The third-order valence-electron chi connectivity index (χ3n) is 6.64. The lowest BCUT2D eigenvalue weighted by Crippen LogP contribution is -2.26. The summed E-state index contributed by atoms with van der Waals surface area (Å²) in [4.78, 5) is 33.3. The number of hydrogen-bond acceptors (Lipinski definition) is 5. The van der Waals surface area contributed by atoms with E-state index in [2.05, 4.69) is 20.6 Å². The number of hydrogen-bond donors (Lipinski definition) is 2. The maximum absolute atomic E-state index is 14.5. The number of rotatable bonds is 7. The van der Waals surface area contributed by atoms with E-state index in [4.69, 9.17) is 0 Å². The summed E-state index contributed by atoms with van der Waals surface area (Å²) in [7, 11) is 0. The second-order valence-corrected chi connectivity index (χ2v) is 9.19. The lowest BCUT2D eigenvalue weighted by atomic mass is 9.89. The van der Waals surface area contributed by atoms with Crippen molar-refractivity contribution in [3.05, 3.63) is 87.9 Å². The average molecular weight is 474 g/mol. The Hall–Kier alpha value is -3.65. The summed E-state index contributed by atoms with van der Waals surface area (Å²) in [5, 5.41) is 7.02. The van der Waals surface area contributed by atoms with E-state index in [0.29, 0.717) is 29.2 Å². The predicted molar refractivity (Wildman–Crippen MR) is 133 cm³/mol. The zero-order valence-corrected chi connectivity index (χ0v) is 19.5. The molecule has 0 atom stereocenters. The lowest BCUT2D eigenvalue weighted by Gasteiger charge is -2.21. The van der Waals surface area contributed by atoms with Crippen LogP contribution in [0.25, 0.3) is 16.6 Å². The first-order valence-electron chi connectivity index (χ1n) is 12.1. The number of halogens is 1. The highest BCUT2D eigenvalue weighted by atomic mass is 19.1. The molecule has 1 saturated carbocycles. The maximum Gasteiger partial charge on any atom is 0.270 e. The molecule has 2 N–H and O–H groups in total. The monoisotopic (exact) mass is 473 g/mol. The summed E-state index contributed by atoms with van der Waals surface area (Å²) in [6.45, 7) is 1.59. The van der Waals surface area contributed by atoms with Crippen molar-refractivity contribution in [1.82, 2.24) is 25.0 Å². The summed E-state index contributed by atoms with van der Waals surface area (Å²) in [5.74, 6) is -0.217. The predicted octanol–water partition coefficient (Wildman–Crippen LogP) is 3.98. The Morgan fingerprint density at radius 2 is 1.89 bits per heavy atom. The second-order valence-electron chi connectivity index (χ2n) is 9.19. The first kappa shape index (κ1) is 23.1. The maximum atomic E-state index is 14.5. The van der Waals surface area contributed by atoms with Crippen LogP contribution in [-0.2, 0) is 13.1 Å². The number of carbonyl (C=O) groups is 1. The van der Waals surface area contributed by atoms with Gasteiger partial charge in [0.05, 0.1) is 5.52 Å². The van der Waals surface area contributed by atoms with Crippen LogP contribution in [0.4, 0.5) is 4.39 Å². The van der Waals surface area contributed by atoms with Crippen LogP contribution in [-0.4, -0.2) is 26.8 Å². The molecule has 5 rings (SSSR count). The molecule has 1 aromatic carbocycles.